The monoisotopic (exact) mass is 449 g/mol. The number of hydrogen-bond acceptors (Lipinski definition) is 5. The maximum atomic E-state index is 13.9. The Morgan fingerprint density at radius 1 is 1.22 bits per heavy atom. The molecule has 0 spiro atoms. The molecule has 0 radical (unpaired) electrons. The molecule has 0 fully saturated rings. The van der Waals surface area contributed by atoms with Crippen molar-refractivity contribution in [3.63, 3.8) is 0 Å². The molecule has 0 aliphatic heterocycles. The molecule has 6 nitrogen and oxygen atoms in total. The Hall–Kier alpha value is -2.26. The summed E-state index contributed by atoms with van der Waals surface area (Å²) in [6.45, 7) is 5.76. The van der Waals surface area contributed by atoms with Gasteiger partial charge < -0.3 is 5.32 Å². The van der Waals surface area contributed by atoms with Gasteiger partial charge in [0.15, 0.2) is 0 Å². The van der Waals surface area contributed by atoms with Crippen molar-refractivity contribution in [1.82, 2.24) is 20.2 Å². The Morgan fingerprint density at radius 2 is 2.00 bits per heavy atom. The van der Waals surface area contributed by atoms with Crippen LogP contribution in [0.5, 0.6) is 0 Å². The third kappa shape index (κ3) is 4.54. The number of benzene rings is 2. The minimum atomic E-state index is -0.524. The number of thioether (sulfide) groups is 1. The number of nitrogens with zero attached hydrogens (tertiary/aromatic N) is 4. The summed E-state index contributed by atoms with van der Waals surface area (Å²) in [5, 5.41) is 14.3. The molecule has 2 aromatic carbocycles. The van der Waals surface area contributed by atoms with Crippen LogP contribution in [-0.2, 0) is 4.79 Å². The maximum Gasteiger partial charge on any atom is 0.237 e. The van der Waals surface area contributed by atoms with Gasteiger partial charge in [0.1, 0.15) is 5.82 Å². The summed E-state index contributed by atoms with van der Waals surface area (Å²) in [5.41, 5.74) is 3.24. The zero-order valence-electron chi connectivity index (χ0n) is 14.9. The molecule has 3 rings (SSSR count). The van der Waals surface area contributed by atoms with E-state index in [1.54, 1.807) is 17.7 Å². The van der Waals surface area contributed by atoms with E-state index in [1.165, 1.54) is 29.5 Å². The van der Waals surface area contributed by atoms with Gasteiger partial charge in [-0.1, -0.05) is 33.8 Å². The van der Waals surface area contributed by atoms with Crippen LogP contribution in [-0.4, -0.2) is 31.4 Å². The fraction of sp³-hybridized carbons (Fsp3) is 0.222. The largest absolute Gasteiger partial charge is 0.323 e. The average molecular weight is 450 g/mol. The minimum absolute atomic E-state index is 0.129. The fourth-order valence-corrected chi connectivity index (χ4v) is 3.45. The van der Waals surface area contributed by atoms with Gasteiger partial charge in [-0.3, -0.25) is 4.79 Å². The number of carbonyl (C=O) groups excluding carboxylic acids is 1. The van der Waals surface area contributed by atoms with Crippen LogP contribution in [0.1, 0.15) is 18.1 Å². The van der Waals surface area contributed by atoms with E-state index in [4.69, 9.17) is 0 Å². The lowest BCUT2D eigenvalue weighted by atomic mass is 10.1. The molecular weight excluding hydrogens is 433 g/mol. The van der Waals surface area contributed by atoms with E-state index < -0.39 is 11.1 Å². The van der Waals surface area contributed by atoms with Crippen molar-refractivity contribution < 1.29 is 9.18 Å². The lowest BCUT2D eigenvalue weighted by Crippen LogP contribution is -2.23. The summed E-state index contributed by atoms with van der Waals surface area (Å²) < 4.78 is 16.1. The van der Waals surface area contributed by atoms with Crippen molar-refractivity contribution in [3.05, 3.63) is 57.8 Å². The molecule has 140 valence electrons. The molecule has 1 amide bonds. The summed E-state index contributed by atoms with van der Waals surface area (Å²) in [6.07, 6.45) is 0. The SMILES string of the molecule is Cc1ccc(-n2nnnc2SC(C)C(=O)Nc2ccc(Br)cc2F)cc1C. The van der Waals surface area contributed by atoms with Gasteiger partial charge in [-0.25, -0.2) is 4.39 Å². The summed E-state index contributed by atoms with van der Waals surface area (Å²) >= 11 is 4.39. The van der Waals surface area contributed by atoms with Crippen LogP contribution in [0.4, 0.5) is 10.1 Å². The second-order valence-electron chi connectivity index (χ2n) is 6.02. The number of hydrogen-bond donors (Lipinski definition) is 1. The number of aromatic nitrogens is 4. The standard InChI is InChI=1S/C18H17BrFN5OS/c1-10-4-6-14(8-11(10)2)25-18(22-23-24-25)27-12(3)17(26)21-16-7-5-13(19)9-15(16)20/h4-9,12H,1-3H3,(H,21,26). The Morgan fingerprint density at radius 3 is 2.70 bits per heavy atom. The second kappa shape index (κ2) is 8.18. The van der Waals surface area contributed by atoms with Gasteiger partial charge in [0.2, 0.25) is 11.1 Å². The van der Waals surface area contributed by atoms with Gasteiger partial charge in [-0.2, -0.15) is 4.68 Å². The zero-order chi connectivity index (χ0) is 19.6. The first-order valence-corrected chi connectivity index (χ1v) is 9.81. The van der Waals surface area contributed by atoms with Crippen LogP contribution >= 0.6 is 27.7 Å². The van der Waals surface area contributed by atoms with Crippen LogP contribution in [0.25, 0.3) is 5.69 Å². The molecule has 9 heteroatoms. The van der Waals surface area contributed by atoms with Gasteiger partial charge in [-0.15, -0.1) is 5.10 Å². The molecule has 0 aliphatic carbocycles. The second-order valence-corrected chi connectivity index (χ2v) is 8.24. The van der Waals surface area contributed by atoms with Crippen molar-refractivity contribution >= 4 is 39.3 Å². The van der Waals surface area contributed by atoms with E-state index in [1.807, 2.05) is 32.0 Å². The van der Waals surface area contributed by atoms with E-state index in [2.05, 4.69) is 36.8 Å². The van der Waals surface area contributed by atoms with Gasteiger partial charge in [0.05, 0.1) is 16.6 Å². The molecule has 0 bridgehead atoms. The molecule has 1 unspecified atom stereocenters. The number of rotatable bonds is 5. The van der Waals surface area contributed by atoms with Gasteiger partial charge in [0.25, 0.3) is 0 Å². The van der Waals surface area contributed by atoms with E-state index in [-0.39, 0.29) is 11.6 Å². The van der Waals surface area contributed by atoms with E-state index in [0.717, 1.165) is 11.3 Å². The average Bonchev–Trinajstić information content (AvgIpc) is 3.07. The Bertz CT molecular complexity index is 994. The number of nitrogens with one attached hydrogen (secondary N) is 1. The number of tetrazole rings is 1. The molecule has 1 N–H and O–H groups in total. The lowest BCUT2D eigenvalue weighted by Gasteiger charge is -2.12. The van der Waals surface area contributed by atoms with Gasteiger partial charge >= 0.3 is 0 Å². The first-order chi connectivity index (χ1) is 12.8. The van der Waals surface area contributed by atoms with E-state index >= 15 is 0 Å². The van der Waals surface area contributed by atoms with Crippen molar-refractivity contribution in [3.8, 4) is 5.69 Å². The fourth-order valence-electron chi connectivity index (χ4n) is 2.31. The predicted octanol–water partition coefficient (Wildman–Crippen LogP) is 4.30. The third-order valence-corrected chi connectivity index (χ3v) is 5.54. The molecule has 1 heterocycles. The molecule has 27 heavy (non-hydrogen) atoms. The molecule has 0 aliphatic rings. The summed E-state index contributed by atoms with van der Waals surface area (Å²) in [6, 6.07) is 10.4. The van der Waals surface area contributed by atoms with Gasteiger partial charge in [0, 0.05) is 4.47 Å². The highest BCUT2D eigenvalue weighted by Gasteiger charge is 2.20. The third-order valence-electron chi connectivity index (χ3n) is 4.02. The molecular formula is C18H17BrFN5OS. The molecule has 3 aromatic rings. The summed E-state index contributed by atoms with van der Waals surface area (Å²) in [5.74, 6) is -0.842. The summed E-state index contributed by atoms with van der Waals surface area (Å²) in [4.78, 5) is 12.4. The lowest BCUT2D eigenvalue weighted by molar-refractivity contribution is -0.115. The summed E-state index contributed by atoms with van der Waals surface area (Å²) in [7, 11) is 0. The van der Waals surface area contributed by atoms with Crippen LogP contribution in [0.2, 0.25) is 0 Å². The van der Waals surface area contributed by atoms with Crippen LogP contribution < -0.4 is 5.32 Å². The first kappa shape index (κ1) is 19.5. The number of aryl methyl sites for hydroxylation is 2. The Balaban J connectivity index is 1.74. The number of anilines is 1. The van der Waals surface area contributed by atoms with Crippen molar-refractivity contribution in [1.29, 1.82) is 0 Å². The van der Waals surface area contributed by atoms with Gasteiger partial charge in [-0.05, 0) is 72.7 Å². The number of halogens is 2. The van der Waals surface area contributed by atoms with Crippen molar-refractivity contribution in [2.45, 2.75) is 31.2 Å². The number of amides is 1. The van der Waals surface area contributed by atoms with Crippen LogP contribution in [0.3, 0.4) is 0 Å². The molecule has 0 saturated heterocycles. The van der Waals surface area contributed by atoms with E-state index in [9.17, 15) is 9.18 Å². The molecule has 0 saturated carbocycles. The minimum Gasteiger partial charge on any atom is -0.323 e. The quantitative estimate of drug-likeness (QED) is 0.587. The number of carbonyl (C=O) groups is 1. The van der Waals surface area contributed by atoms with E-state index in [0.29, 0.717) is 9.63 Å². The normalized spacial score (nSPS) is 12.0. The van der Waals surface area contributed by atoms with Crippen molar-refractivity contribution in [2.24, 2.45) is 0 Å². The maximum absolute atomic E-state index is 13.9. The molecule has 1 atom stereocenters. The Labute approximate surface area is 168 Å². The Kier molecular flexibility index (Phi) is 5.91. The van der Waals surface area contributed by atoms with Crippen molar-refractivity contribution in [2.75, 3.05) is 5.32 Å². The highest BCUT2D eigenvalue weighted by Crippen LogP contribution is 2.26. The smallest absolute Gasteiger partial charge is 0.237 e. The topological polar surface area (TPSA) is 72.7 Å². The molecule has 1 aromatic heterocycles. The highest BCUT2D eigenvalue weighted by atomic mass is 79.9. The zero-order valence-corrected chi connectivity index (χ0v) is 17.3. The van der Waals surface area contributed by atoms with Crippen LogP contribution in [0, 0.1) is 19.7 Å². The predicted molar refractivity (Wildman–Crippen MR) is 107 cm³/mol. The first-order valence-electron chi connectivity index (χ1n) is 8.13. The highest BCUT2D eigenvalue weighted by molar-refractivity contribution is 9.10. The van der Waals surface area contributed by atoms with Crippen LogP contribution in [0.15, 0.2) is 46.0 Å².